The summed E-state index contributed by atoms with van der Waals surface area (Å²) in [6.45, 7) is 2.73. The van der Waals surface area contributed by atoms with Crippen molar-refractivity contribution in [3.8, 4) is 0 Å². The van der Waals surface area contributed by atoms with E-state index in [1.165, 1.54) is 11.3 Å². The maximum atomic E-state index is 6.46. The van der Waals surface area contributed by atoms with Gasteiger partial charge in [0.15, 0.2) is 0 Å². The molecule has 3 nitrogen and oxygen atoms in total. The van der Waals surface area contributed by atoms with Gasteiger partial charge in [0.25, 0.3) is 0 Å². The van der Waals surface area contributed by atoms with Crippen LogP contribution in [0.15, 0.2) is 18.3 Å². The first-order valence-electron chi connectivity index (χ1n) is 5.93. The summed E-state index contributed by atoms with van der Waals surface area (Å²) in [5.41, 5.74) is 8.73. The Kier molecular flexibility index (Phi) is 3.26. The number of pyridine rings is 1. The van der Waals surface area contributed by atoms with Crippen molar-refractivity contribution in [2.45, 2.75) is 37.6 Å². The van der Waals surface area contributed by atoms with E-state index < -0.39 is 0 Å². The molecule has 0 aromatic carbocycles. The minimum Gasteiger partial charge on any atom is -0.383 e. The van der Waals surface area contributed by atoms with E-state index in [1.54, 1.807) is 7.11 Å². The smallest absolute Gasteiger partial charge is 0.0648 e. The van der Waals surface area contributed by atoms with Crippen LogP contribution in [0.3, 0.4) is 0 Å². The first-order valence-corrected chi connectivity index (χ1v) is 5.93. The lowest BCUT2D eigenvalue weighted by Crippen LogP contribution is -2.48. The van der Waals surface area contributed by atoms with Gasteiger partial charge >= 0.3 is 0 Å². The number of hydrogen-bond acceptors (Lipinski definition) is 3. The third kappa shape index (κ3) is 1.85. The zero-order chi connectivity index (χ0) is 11.6. The molecule has 0 saturated carbocycles. The highest BCUT2D eigenvalue weighted by molar-refractivity contribution is 5.31. The summed E-state index contributed by atoms with van der Waals surface area (Å²) in [6, 6.07) is 4.16. The largest absolute Gasteiger partial charge is 0.383 e. The number of aromatic nitrogens is 1. The topological polar surface area (TPSA) is 48.1 Å². The Labute approximate surface area is 97.0 Å². The second-order valence-electron chi connectivity index (χ2n) is 4.66. The summed E-state index contributed by atoms with van der Waals surface area (Å²) >= 11 is 0. The van der Waals surface area contributed by atoms with Gasteiger partial charge in [-0.05, 0) is 30.9 Å². The van der Waals surface area contributed by atoms with E-state index in [0.29, 0.717) is 12.5 Å². The maximum absolute atomic E-state index is 6.46. The quantitative estimate of drug-likeness (QED) is 0.842. The summed E-state index contributed by atoms with van der Waals surface area (Å²) in [5.74, 6) is 0.341. The number of nitrogens with zero attached hydrogens (tertiary/aromatic N) is 1. The minimum atomic E-state index is -0.269. The molecule has 0 aliphatic heterocycles. The highest BCUT2D eigenvalue weighted by Crippen LogP contribution is 2.39. The van der Waals surface area contributed by atoms with Gasteiger partial charge in [0.05, 0.1) is 6.61 Å². The van der Waals surface area contributed by atoms with Crippen LogP contribution in [0.1, 0.15) is 36.9 Å². The molecule has 0 bridgehead atoms. The Balaban J connectivity index is 2.29. The Hall–Kier alpha value is -0.930. The van der Waals surface area contributed by atoms with Gasteiger partial charge in [-0.15, -0.1) is 0 Å². The average Bonchev–Trinajstić information content (AvgIpc) is 2.73. The summed E-state index contributed by atoms with van der Waals surface area (Å²) in [4.78, 5) is 4.50. The lowest BCUT2D eigenvalue weighted by Gasteiger charge is -2.33. The highest BCUT2D eigenvalue weighted by atomic mass is 16.5. The Morgan fingerprint density at radius 2 is 2.44 bits per heavy atom. The summed E-state index contributed by atoms with van der Waals surface area (Å²) in [7, 11) is 1.71. The Bertz CT molecular complexity index is 367. The summed E-state index contributed by atoms with van der Waals surface area (Å²) in [6.07, 6.45) is 4.97. The van der Waals surface area contributed by atoms with Crippen LogP contribution in [-0.4, -0.2) is 24.2 Å². The molecule has 0 saturated heterocycles. The number of methoxy groups -OCH3 is 1. The minimum absolute atomic E-state index is 0.269. The molecule has 0 radical (unpaired) electrons. The average molecular weight is 220 g/mol. The van der Waals surface area contributed by atoms with Crippen LogP contribution in [0.2, 0.25) is 0 Å². The van der Waals surface area contributed by atoms with Crippen molar-refractivity contribution in [3.05, 3.63) is 29.6 Å². The van der Waals surface area contributed by atoms with Gasteiger partial charge in [0, 0.05) is 30.5 Å². The van der Waals surface area contributed by atoms with Crippen molar-refractivity contribution >= 4 is 0 Å². The maximum Gasteiger partial charge on any atom is 0.0648 e. The highest BCUT2D eigenvalue weighted by Gasteiger charge is 2.39. The molecular weight excluding hydrogens is 200 g/mol. The van der Waals surface area contributed by atoms with Crippen LogP contribution >= 0.6 is 0 Å². The molecule has 3 heteroatoms. The number of aryl methyl sites for hydroxylation is 1. The number of fused-ring (bicyclic) bond motifs is 1. The van der Waals surface area contributed by atoms with Gasteiger partial charge in [0.1, 0.15) is 0 Å². The van der Waals surface area contributed by atoms with Crippen molar-refractivity contribution in [2.24, 2.45) is 5.73 Å². The first-order chi connectivity index (χ1) is 7.71. The molecule has 0 spiro atoms. The third-order valence-corrected chi connectivity index (χ3v) is 3.72. The van der Waals surface area contributed by atoms with Gasteiger partial charge in [-0.25, -0.2) is 0 Å². The summed E-state index contributed by atoms with van der Waals surface area (Å²) in [5, 5.41) is 0. The number of ether oxygens (including phenoxy) is 1. The van der Waals surface area contributed by atoms with Crippen LogP contribution < -0.4 is 5.73 Å². The summed E-state index contributed by atoms with van der Waals surface area (Å²) < 4.78 is 5.27. The van der Waals surface area contributed by atoms with Crippen LogP contribution in [0.25, 0.3) is 0 Å². The van der Waals surface area contributed by atoms with E-state index in [-0.39, 0.29) is 5.54 Å². The monoisotopic (exact) mass is 220 g/mol. The molecule has 1 aliphatic carbocycles. The van der Waals surface area contributed by atoms with E-state index in [4.69, 9.17) is 10.5 Å². The van der Waals surface area contributed by atoms with Gasteiger partial charge in [-0.3, -0.25) is 4.98 Å². The molecule has 0 fully saturated rings. The third-order valence-electron chi connectivity index (χ3n) is 3.72. The second kappa shape index (κ2) is 4.52. The van der Waals surface area contributed by atoms with Crippen LogP contribution in [0.4, 0.5) is 0 Å². The Morgan fingerprint density at radius 1 is 1.62 bits per heavy atom. The van der Waals surface area contributed by atoms with E-state index in [2.05, 4.69) is 18.0 Å². The van der Waals surface area contributed by atoms with E-state index in [9.17, 15) is 0 Å². The van der Waals surface area contributed by atoms with Crippen molar-refractivity contribution < 1.29 is 4.74 Å². The van der Waals surface area contributed by atoms with E-state index in [0.717, 1.165) is 19.3 Å². The van der Waals surface area contributed by atoms with Crippen molar-refractivity contribution in [3.63, 3.8) is 0 Å². The Morgan fingerprint density at radius 3 is 3.12 bits per heavy atom. The lowest BCUT2D eigenvalue weighted by molar-refractivity contribution is 0.111. The number of nitrogens with two attached hydrogens (primary N) is 1. The molecule has 16 heavy (non-hydrogen) atoms. The molecule has 1 aromatic rings. The molecule has 1 aromatic heterocycles. The van der Waals surface area contributed by atoms with Crippen LogP contribution in [0, 0.1) is 0 Å². The van der Waals surface area contributed by atoms with Crippen molar-refractivity contribution in [1.29, 1.82) is 0 Å². The van der Waals surface area contributed by atoms with Crippen molar-refractivity contribution in [1.82, 2.24) is 4.98 Å². The molecule has 2 atom stereocenters. The van der Waals surface area contributed by atoms with Gasteiger partial charge in [0.2, 0.25) is 0 Å². The second-order valence-corrected chi connectivity index (χ2v) is 4.66. The molecule has 2 N–H and O–H groups in total. The fraction of sp³-hybridized carbons (Fsp3) is 0.615. The standard InChI is InChI=1S/C13H20N2O/c1-3-13(14,9-16-2)11-7-6-10-5-4-8-15-12(10)11/h4-5,8,11H,3,6-7,9,14H2,1-2H3. The molecule has 2 unspecified atom stereocenters. The van der Waals surface area contributed by atoms with Gasteiger partial charge in [-0.2, -0.15) is 0 Å². The van der Waals surface area contributed by atoms with E-state index >= 15 is 0 Å². The van der Waals surface area contributed by atoms with Crippen LogP contribution in [-0.2, 0) is 11.2 Å². The molecule has 88 valence electrons. The molecule has 0 amide bonds. The predicted octanol–water partition coefficient (Wildman–Crippen LogP) is 1.87. The van der Waals surface area contributed by atoms with Gasteiger partial charge < -0.3 is 10.5 Å². The zero-order valence-electron chi connectivity index (χ0n) is 10.1. The van der Waals surface area contributed by atoms with Crippen LogP contribution in [0.5, 0.6) is 0 Å². The number of rotatable bonds is 4. The SMILES string of the molecule is CCC(N)(COC)C1CCc2cccnc21. The fourth-order valence-corrected chi connectivity index (χ4v) is 2.69. The lowest BCUT2D eigenvalue weighted by atomic mass is 9.81. The van der Waals surface area contributed by atoms with E-state index in [1.807, 2.05) is 12.3 Å². The molecule has 1 aliphatic rings. The predicted molar refractivity (Wildman–Crippen MR) is 64.4 cm³/mol. The molecule has 2 rings (SSSR count). The molecule has 1 heterocycles. The molecular formula is C13H20N2O. The first kappa shape index (κ1) is 11.6. The van der Waals surface area contributed by atoms with Crippen molar-refractivity contribution in [2.75, 3.05) is 13.7 Å². The normalized spacial score (nSPS) is 22.8. The zero-order valence-corrected chi connectivity index (χ0v) is 10.1. The number of hydrogen-bond donors (Lipinski definition) is 1. The van der Waals surface area contributed by atoms with Gasteiger partial charge in [-0.1, -0.05) is 13.0 Å². The fourth-order valence-electron chi connectivity index (χ4n) is 2.69.